The van der Waals surface area contributed by atoms with Gasteiger partial charge in [0, 0.05) is 29.3 Å². The first-order valence-corrected chi connectivity index (χ1v) is 11.8. The number of benzene rings is 2. The summed E-state index contributed by atoms with van der Waals surface area (Å²) in [5.41, 5.74) is 5.67. The lowest BCUT2D eigenvalue weighted by Gasteiger charge is -2.28. The minimum Gasteiger partial charge on any atom is -0.506 e. The Bertz CT molecular complexity index is 1440. The fourth-order valence-electron chi connectivity index (χ4n) is 5.10. The highest BCUT2D eigenvalue weighted by molar-refractivity contribution is 7.80. The second-order valence-corrected chi connectivity index (χ2v) is 9.07. The van der Waals surface area contributed by atoms with Crippen molar-refractivity contribution in [2.45, 2.75) is 25.9 Å². The van der Waals surface area contributed by atoms with Crippen molar-refractivity contribution >= 4 is 23.0 Å². The minimum atomic E-state index is -0.177. The first-order chi connectivity index (χ1) is 17.0. The summed E-state index contributed by atoms with van der Waals surface area (Å²) in [5.74, 6) is 1.65. The van der Waals surface area contributed by atoms with E-state index >= 15 is 0 Å². The van der Waals surface area contributed by atoms with Gasteiger partial charge in [-0.2, -0.15) is 0 Å². The van der Waals surface area contributed by atoms with Crippen LogP contribution in [0.15, 0.2) is 72.9 Å². The molecule has 1 fully saturated rings. The number of anilines is 1. The number of thiocarbonyl (C=S) groups is 1. The Balaban J connectivity index is 1.52. The third-order valence-electron chi connectivity index (χ3n) is 6.64. The number of aryl methyl sites for hydroxylation is 1. The number of para-hydroxylation sites is 2. The molecule has 8 heteroatoms. The van der Waals surface area contributed by atoms with Crippen LogP contribution in [-0.4, -0.2) is 26.6 Å². The Labute approximate surface area is 208 Å². The van der Waals surface area contributed by atoms with Crippen LogP contribution < -0.4 is 19.7 Å². The SMILES string of the molecule is Cc1cc([C@@H]2[C@H](c3ccccn3)NC(=S)N2c2ccc3c(c2)OCO3)c(C)n1-c1ccccc1O. The Morgan fingerprint density at radius 3 is 2.60 bits per heavy atom. The smallest absolute Gasteiger partial charge is 0.231 e. The van der Waals surface area contributed by atoms with Crippen LogP contribution in [0.25, 0.3) is 5.69 Å². The van der Waals surface area contributed by atoms with Crippen LogP contribution in [0.3, 0.4) is 0 Å². The standard InChI is InChI=1S/C27H24N4O3S/c1-16-13-19(17(2)30(16)21-8-3-4-9-22(21)32)26-25(20-7-5-6-12-28-20)29-27(35)31(26)18-10-11-23-24(14-18)34-15-33-23/h3-14,25-26,32H,15H2,1-2H3,(H,29,35)/t25-,26+/m0/s1. The summed E-state index contributed by atoms with van der Waals surface area (Å²) >= 11 is 5.87. The zero-order valence-corrected chi connectivity index (χ0v) is 20.1. The number of hydrogen-bond acceptors (Lipinski definition) is 5. The predicted molar refractivity (Wildman–Crippen MR) is 137 cm³/mol. The van der Waals surface area contributed by atoms with E-state index in [4.69, 9.17) is 21.7 Å². The number of aromatic hydroxyl groups is 1. The molecule has 35 heavy (non-hydrogen) atoms. The van der Waals surface area contributed by atoms with E-state index in [2.05, 4.69) is 32.8 Å². The van der Waals surface area contributed by atoms with Gasteiger partial charge in [0.1, 0.15) is 5.75 Å². The van der Waals surface area contributed by atoms with Gasteiger partial charge >= 0.3 is 0 Å². The van der Waals surface area contributed by atoms with Crippen LogP contribution in [0, 0.1) is 13.8 Å². The molecule has 0 amide bonds. The summed E-state index contributed by atoms with van der Waals surface area (Å²) in [4.78, 5) is 6.77. The van der Waals surface area contributed by atoms with Crippen LogP contribution in [0.4, 0.5) is 5.69 Å². The summed E-state index contributed by atoms with van der Waals surface area (Å²) in [6.45, 7) is 4.33. The average Bonchev–Trinajstić information content (AvgIpc) is 3.55. The van der Waals surface area contributed by atoms with E-state index < -0.39 is 0 Å². The molecule has 4 aromatic rings. The summed E-state index contributed by atoms with van der Waals surface area (Å²) < 4.78 is 13.2. The van der Waals surface area contributed by atoms with Gasteiger partial charge in [-0.1, -0.05) is 18.2 Å². The predicted octanol–water partition coefficient (Wildman–Crippen LogP) is 5.10. The van der Waals surface area contributed by atoms with Gasteiger partial charge in [0.15, 0.2) is 16.6 Å². The number of phenols is 1. The van der Waals surface area contributed by atoms with Crippen LogP contribution in [0.1, 0.15) is 34.7 Å². The molecule has 1 saturated heterocycles. The number of rotatable bonds is 4. The van der Waals surface area contributed by atoms with Crippen molar-refractivity contribution in [2.75, 3.05) is 11.7 Å². The number of aromatic nitrogens is 2. The van der Waals surface area contributed by atoms with Crippen molar-refractivity contribution in [3.63, 3.8) is 0 Å². The molecular formula is C27H24N4O3S. The maximum atomic E-state index is 10.6. The van der Waals surface area contributed by atoms with Gasteiger partial charge in [0.25, 0.3) is 0 Å². The number of ether oxygens (including phenoxy) is 2. The van der Waals surface area contributed by atoms with Crippen LogP contribution in [0.5, 0.6) is 17.2 Å². The number of hydrogen-bond donors (Lipinski definition) is 2. The fraction of sp³-hybridized carbons (Fsp3) is 0.185. The molecule has 4 heterocycles. The van der Waals surface area contributed by atoms with Crippen LogP contribution >= 0.6 is 12.2 Å². The molecule has 2 aromatic heterocycles. The Morgan fingerprint density at radius 1 is 1.00 bits per heavy atom. The highest BCUT2D eigenvalue weighted by atomic mass is 32.1. The van der Waals surface area contributed by atoms with Crippen molar-refractivity contribution < 1.29 is 14.6 Å². The molecule has 176 valence electrons. The highest BCUT2D eigenvalue weighted by Crippen LogP contribution is 2.46. The van der Waals surface area contributed by atoms with E-state index in [0.717, 1.165) is 39.8 Å². The number of phenolic OH excluding ortho intramolecular Hbond substituents is 1. The van der Waals surface area contributed by atoms with E-state index in [1.807, 2.05) is 61.5 Å². The molecule has 2 aliphatic heterocycles. The van der Waals surface area contributed by atoms with Gasteiger partial charge in [-0.05, 0) is 74.1 Å². The number of fused-ring (bicyclic) bond motifs is 1. The summed E-state index contributed by atoms with van der Waals surface area (Å²) in [5, 5.41) is 14.7. The molecule has 0 spiro atoms. The van der Waals surface area contributed by atoms with Gasteiger partial charge in [-0.15, -0.1) is 0 Å². The van der Waals surface area contributed by atoms with Gasteiger partial charge < -0.3 is 29.4 Å². The molecular weight excluding hydrogens is 460 g/mol. The molecule has 6 rings (SSSR count). The van der Waals surface area contributed by atoms with Gasteiger partial charge in [0.2, 0.25) is 6.79 Å². The average molecular weight is 485 g/mol. The maximum absolute atomic E-state index is 10.6. The molecule has 7 nitrogen and oxygen atoms in total. The lowest BCUT2D eigenvalue weighted by molar-refractivity contribution is 0.174. The quantitative estimate of drug-likeness (QED) is 0.391. The van der Waals surface area contributed by atoms with Gasteiger partial charge in [-0.25, -0.2) is 0 Å². The van der Waals surface area contributed by atoms with Crippen molar-refractivity contribution in [3.05, 3.63) is 95.6 Å². The van der Waals surface area contributed by atoms with E-state index in [1.54, 1.807) is 12.3 Å². The van der Waals surface area contributed by atoms with E-state index in [1.165, 1.54) is 0 Å². The van der Waals surface area contributed by atoms with E-state index in [0.29, 0.717) is 10.9 Å². The van der Waals surface area contributed by atoms with Crippen molar-refractivity contribution in [3.8, 4) is 22.9 Å². The summed E-state index contributed by atoms with van der Waals surface area (Å²) in [7, 11) is 0. The van der Waals surface area contributed by atoms with Crippen LogP contribution in [-0.2, 0) is 0 Å². The van der Waals surface area contributed by atoms with Crippen LogP contribution in [0.2, 0.25) is 0 Å². The lowest BCUT2D eigenvalue weighted by atomic mass is 9.96. The number of nitrogens with zero attached hydrogens (tertiary/aromatic N) is 3. The summed E-state index contributed by atoms with van der Waals surface area (Å²) in [6.07, 6.45) is 1.80. The molecule has 0 radical (unpaired) electrons. The van der Waals surface area contributed by atoms with Crippen molar-refractivity contribution in [2.24, 2.45) is 0 Å². The highest BCUT2D eigenvalue weighted by Gasteiger charge is 2.42. The number of nitrogens with one attached hydrogen (secondary N) is 1. The molecule has 0 saturated carbocycles. The molecule has 0 unspecified atom stereocenters. The third kappa shape index (κ3) is 3.49. The molecule has 2 atom stereocenters. The maximum Gasteiger partial charge on any atom is 0.231 e. The molecule has 2 N–H and O–H groups in total. The normalized spacial score (nSPS) is 18.7. The van der Waals surface area contributed by atoms with E-state index in [9.17, 15) is 5.11 Å². The Kier molecular flexibility index (Phi) is 5.11. The summed E-state index contributed by atoms with van der Waals surface area (Å²) in [6, 6.07) is 21.0. The monoisotopic (exact) mass is 484 g/mol. The molecule has 0 bridgehead atoms. The number of pyridine rings is 1. The first-order valence-electron chi connectivity index (χ1n) is 11.4. The first kappa shape index (κ1) is 21.5. The van der Waals surface area contributed by atoms with E-state index in [-0.39, 0.29) is 24.6 Å². The Hall–Kier alpha value is -4.04. The zero-order chi connectivity index (χ0) is 24.1. The largest absolute Gasteiger partial charge is 0.506 e. The topological polar surface area (TPSA) is 71.8 Å². The van der Waals surface area contributed by atoms with Gasteiger partial charge in [0.05, 0.1) is 23.5 Å². The minimum absolute atomic E-state index is 0.174. The Morgan fingerprint density at radius 2 is 1.80 bits per heavy atom. The third-order valence-corrected chi connectivity index (χ3v) is 6.96. The molecule has 2 aromatic carbocycles. The zero-order valence-electron chi connectivity index (χ0n) is 19.3. The van der Waals surface area contributed by atoms with Crippen molar-refractivity contribution in [1.82, 2.24) is 14.9 Å². The van der Waals surface area contributed by atoms with Gasteiger partial charge in [-0.3, -0.25) is 4.98 Å². The molecule has 2 aliphatic rings. The molecule has 0 aliphatic carbocycles. The second-order valence-electron chi connectivity index (χ2n) is 8.68. The van der Waals surface area contributed by atoms with Crippen molar-refractivity contribution in [1.29, 1.82) is 0 Å². The second kappa shape index (κ2) is 8.32. The fourth-order valence-corrected chi connectivity index (χ4v) is 5.44. The lowest BCUT2D eigenvalue weighted by Crippen LogP contribution is -2.29.